The summed E-state index contributed by atoms with van der Waals surface area (Å²) in [7, 11) is 0. The first-order chi connectivity index (χ1) is 7.69. The topological polar surface area (TPSA) is 32.3 Å². The quantitative estimate of drug-likeness (QED) is 0.720. The highest BCUT2D eigenvalue weighted by Gasteiger charge is 2.20. The van der Waals surface area contributed by atoms with Crippen molar-refractivity contribution in [2.75, 3.05) is 19.6 Å². The molecule has 0 bridgehead atoms. The summed E-state index contributed by atoms with van der Waals surface area (Å²) in [6.45, 7) is 8.64. The van der Waals surface area contributed by atoms with Crippen molar-refractivity contribution in [1.29, 1.82) is 0 Å². The molecule has 94 valence electrons. The van der Waals surface area contributed by atoms with Crippen molar-refractivity contribution in [2.24, 2.45) is 5.92 Å². The third kappa shape index (κ3) is 3.78. The molecule has 1 rings (SSSR count). The Labute approximate surface area is 99.6 Å². The Morgan fingerprint density at radius 3 is 2.44 bits per heavy atom. The highest BCUT2D eigenvalue weighted by Crippen LogP contribution is 2.28. The Balaban J connectivity index is 2.16. The van der Waals surface area contributed by atoms with Gasteiger partial charge in [0.2, 0.25) is 5.91 Å². The van der Waals surface area contributed by atoms with Crippen molar-refractivity contribution in [1.82, 2.24) is 10.2 Å². The second-order valence-electron chi connectivity index (χ2n) is 4.77. The molecule has 1 amide bonds. The second kappa shape index (κ2) is 6.89. The zero-order valence-corrected chi connectivity index (χ0v) is 11.0. The van der Waals surface area contributed by atoms with E-state index in [0.717, 1.165) is 25.6 Å². The number of rotatable bonds is 7. The number of hydrogen-bond donors (Lipinski definition) is 1. The molecule has 3 heteroatoms. The summed E-state index contributed by atoms with van der Waals surface area (Å²) >= 11 is 0. The van der Waals surface area contributed by atoms with E-state index in [2.05, 4.69) is 5.32 Å². The average Bonchev–Trinajstić information content (AvgIpc) is 2.23. The van der Waals surface area contributed by atoms with Crippen LogP contribution < -0.4 is 5.32 Å². The summed E-state index contributed by atoms with van der Waals surface area (Å²) in [5, 5.41) is 3.34. The molecule has 3 nitrogen and oxygen atoms in total. The van der Waals surface area contributed by atoms with Crippen molar-refractivity contribution in [3.8, 4) is 0 Å². The number of amides is 1. The number of hydrogen-bond acceptors (Lipinski definition) is 2. The molecule has 0 radical (unpaired) electrons. The lowest BCUT2D eigenvalue weighted by atomic mass is 9.83. The minimum Gasteiger partial charge on any atom is -0.342 e. The molecule has 0 aromatic rings. The van der Waals surface area contributed by atoms with E-state index in [9.17, 15) is 4.79 Å². The first-order valence-electron chi connectivity index (χ1n) is 6.71. The van der Waals surface area contributed by atoms with Gasteiger partial charge in [0.1, 0.15) is 0 Å². The average molecular weight is 226 g/mol. The molecular weight excluding hydrogens is 200 g/mol. The van der Waals surface area contributed by atoms with E-state index in [-0.39, 0.29) is 11.9 Å². The van der Waals surface area contributed by atoms with Crippen LogP contribution in [-0.4, -0.2) is 36.5 Å². The van der Waals surface area contributed by atoms with E-state index in [1.807, 2.05) is 25.7 Å². The summed E-state index contributed by atoms with van der Waals surface area (Å²) in [4.78, 5) is 13.8. The highest BCUT2D eigenvalue weighted by molar-refractivity contribution is 5.81. The summed E-state index contributed by atoms with van der Waals surface area (Å²) < 4.78 is 0. The van der Waals surface area contributed by atoms with Gasteiger partial charge in [0.25, 0.3) is 0 Å². The standard InChI is InChI=1S/C13H26N2O/c1-4-15(5-2)13(16)11(3)14-10-9-12-7-6-8-12/h11-12,14H,4-10H2,1-3H3. The lowest BCUT2D eigenvalue weighted by Crippen LogP contribution is -2.45. The number of carbonyl (C=O) groups excluding carboxylic acids is 1. The zero-order valence-electron chi connectivity index (χ0n) is 11.0. The second-order valence-corrected chi connectivity index (χ2v) is 4.77. The van der Waals surface area contributed by atoms with E-state index in [1.165, 1.54) is 25.7 Å². The number of likely N-dealkylation sites (N-methyl/N-ethyl adjacent to an activating group) is 1. The molecule has 1 aliphatic carbocycles. The van der Waals surface area contributed by atoms with E-state index in [4.69, 9.17) is 0 Å². The fourth-order valence-electron chi connectivity index (χ4n) is 2.18. The lowest BCUT2D eigenvalue weighted by Gasteiger charge is -2.27. The zero-order chi connectivity index (χ0) is 12.0. The van der Waals surface area contributed by atoms with Crippen molar-refractivity contribution in [2.45, 2.75) is 52.5 Å². The first-order valence-corrected chi connectivity index (χ1v) is 6.71. The van der Waals surface area contributed by atoms with Crippen LogP contribution in [-0.2, 0) is 4.79 Å². The number of nitrogens with one attached hydrogen (secondary N) is 1. The van der Waals surface area contributed by atoms with E-state index in [0.29, 0.717) is 0 Å². The van der Waals surface area contributed by atoms with Crippen LogP contribution in [0.4, 0.5) is 0 Å². The van der Waals surface area contributed by atoms with E-state index >= 15 is 0 Å². The van der Waals surface area contributed by atoms with Crippen molar-refractivity contribution in [3.05, 3.63) is 0 Å². The first kappa shape index (κ1) is 13.5. The summed E-state index contributed by atoms with van der Waals surface area (Å²) in [6, 6.07) is -0.0278. The van der Waals surface area contributed by atoms with Crippen LogP contribution in [0.25, 0.3) is 0 Å². The van der Waals surface area contributed by atoms with Crippen LogP contribution in [0.3, 0.4) is 0 Å². The van der Waals surface area contributed by atoms with Gasteiger partial charge in [0.05, 0.1) is 6.04 Å². The smallest absolute Gasteiger partial charge is 0.239 e. The monoisotopic (exact) mass is 226 g/mol. The van der Waals surface area contributed by atoms with Crippen LogP contribution in [0.15, 0.2) is 0 Å². The molecule has 0 heterocycles. The molecule has 0 aliphatic heterocycles. The number of carbonyl (C=O) groups is 1. The molecule has 1 N–H and O–H groups in total. The largest absolute Gasteiger partial charge is 0.342 e. The van der Waals surface area contributed by atoms with Gasteiger partial charge in [-0.3, -0.25) is 4.79 Å². The molecular formula is C13H26N2O. The van der Waals surface area contributed by atoms with Crippen LogP contribution in [0, 0.1) is 5.92 Å². The number of nitrogens with zero attached hydrogens (tertiary/aromatic N) is 1. The molecule has 1 saturated carbocycles. The van der Waals surface area contributed by atoms with Crippen molar-refractivity contribution in [3.63, 3.8) is 0 Å². The molecule has 16 heavy (non-hydrogen) atoms. The third-order valence-electron chi connectivity index (χ3n) is 3.67. The third-order valence-corrected chi connectivity index (χ3v) is 3.67. The molecule has 0 aromatic carbocycles. The van der Waals surface area contributed by atoms with Gasteiger partial charge in [0.15, 0.2) is 0 Å². The minimum absolute atomic E-state index is 0.0278. The van der Waals surface area contributed by atoms with Crippen molar-refractivity contribution < 1.29 is 4.79 Å². The molecule has 1 aliphatic rings. The van der Waals surface area contributed by atoms with Gasteiger partial charge in [0, 0.05) is 13.1 Å². The van der Waals surface area contributed by atoms with Crippen LogP contribution in [0.2, 0.25) is 0 Å². The summed E-state index contributed by atoms with van der Waals surface area (Å²) in [5.41, 5.74) is 0. The fraction of sp³-hybridized carbons (Fsp3) is 0.923. The molecule has 0 saturated heterocycles. The fourth-order valence-corrected chi connectivity index (χ4v) is 2.18. The van der Waals surface area contributed by atoms with Gasteiger partial charge in [-0.2, -0.15) is 0 Å². The Morgan fingerprint density at radius 2 is 2.00 bits per heavy atom. The molecule has 0 aromatic heterocycles. The van der Waals surface area contributed by atoms with Crippen LogP contribution in [0.1, 0.15) is 46.5 Å². The summed E-state index contributed by atoms with van der Waals surface area (Å²) in [5.74, 6) is 1.15. The minimum atomic E-state index is -0.0278. The Hall–Kier alpha value is -0.570. The Bertz CT molecular complexity index is 210. The van der Waals surface area contributed by atoms with E-state index < -0.39 is 0 Å². The Morgan fingerprint density at radius 1 is 1.38 bits per heavy atom. The SMILES string of the molecule is CCN(CC)C(=O)C(C)NCCC1CCC1. The normalized spacial score (nSPS) is 17.9. The predicted octanol–water partition coefficient (Wildman–Crippen LogP) is 2.02. The maximum atomic E-state index is 11.9. The van der Waals surface area contributed by atoms with Gasteiger partial charge in [-0.05, 0) is 39.7 Å². The molecule has 1 atom stereocenters. The van der Waals surface area contributed by atoms with Gasteiger partial charge < -0.3 is 10.2 Å². The maximum absolute atomic E-state index is 11.9. The maximum Gasteiger partial charge on any atom is 0.239 e. The predicted molar refractivity (Wildman–Crippen MR) is 67.4 cm³/mol. The lowest BCUT2D eigenvalue weighted by molar-refractivity contribution is -0.132. The van der Waals surface area contributed by atoms with Crippen molar-refractivity contribution >= 4 is 5.91 Å². The van der Waals surface area contributed by atoms with Gasteiger partial charge in [-0.1, -0.05) is 19.3 Å². The van der Waals surface area contributed by atoms with Gasteiger partial charge in [-0.15, -0.1) is 0 Å². The van der Waals surface area contributed by atoms with Crippen LogP contribution in [0.5, 0.6) is 0 Å². The molecule has 1 fully saturated rings. The van der Waals surface area contributed by atoms with Gasteiger partial charge >= 0.3 is 0 Å². The Kier molecular flexibility index (Phi) is 5.81. The van der Waals surface area contributed by atoms with E-state index in [1.54, 1.807) is 0 Å². The van der Waals surface area contributed by atoms with Crippen LogP contribution >= 0.6 is 0 Å². The van der Waals surface area contributed by atoms with Gasteiger partial charge in [-0.25, -0.2) is 0 Å². The highest BCUT2D eigenvalue weighted by atomic mass is 16.2. The summed E-state index contributed by atoms with van der Waals surface area (Å²) in [6.07, 6.45) is 5.41. The molecule has 1 unspecified atom stereocenters. The molecule has 0 spiro atoms.